The standard InChI is InChI=1S/C15H11NO3/c1-18-15(17)14-11(10-16)6-5-9-13(14)19-12-7-3-2-4-8-12/h2-9H,1H3. The highest BCUT2D eigenvalue weighted by Gasteiger charge is 2.18. The number of nitriles is 1. The molecule has 0 heterocycles. The zero-order valence-corrected chi connectivity index (χ0v) is 10.3. The molecule has 0 amide bonds. The summed E-state index contributed by atoms with van der Waals surface area (Å²) in [7, 11) is 1.27. The molecule has 0 N–H and O–H groups in total. The molecule has 0 aliphatic rings. The van der Waals surface area contributed by atoms with Gasteiger partial charge < -0.3 is 9.47 Å². The van der Waals surface area contributed by atoms with Crippen molar-refractivity contribution in [3.63, 3.8) is 0 Å². The summed E-state index contributed by atoms with van der Waals surface area (Å²) >= 11 is 0. The lowest BCUT2D eigenvalue weighted by molar-refractivity contribution is 0.0597. The molecule has 0 radical (unpaired) electrons. The number of carbonyl (C=O) groups is 1. The van der Waals surface area contributed by atoms with Crippen LogP contribution in [0.15, 0.2) is 48.5 Å². The van der Waals surface area contributed by atoms with Crippen LogP contribution in [0.3, 0.4) is 0 Å². The van der Waals surface area contributed by atoms with Crippen molar-refractivity contribution >= 4 is 5.97 Å². The fourth-order valence-electron chi connectivity index (χ4n) is 1.64. The average Bonchev–Trinajstić information content (AvgIpc) is 2.47. The van der Waals surface area contributed by atoms with E-state index in [0.717, 1.165) is 0 Å². The third kappa shape index (κ3) is 2.72. The molecule has 0 aromatic heterocycles. The predicted molar refractivity (Wildman–Crippen MR) is 69.0 cm³/mol. The van der Waals surface area contributed by atoms with Crippen LogP contribution in [-0.2, 0) is 4.74 Å². The molecule has 19 heavy (non-hydrogen) atoms. The maximum atomic E-state index is 11.8. The van der Waals surface area contributed by atoms with Crippen molar-refractivity contribution in [2.75, 3.05) is 7.11 Å². The maximum absolute atomic E-state index is 11.8. The Morgan fingerprint density at radius 1 is 1.11 bits per heavy atom. The normalized spacial score (nSPS) is 9.47. The summed E-state index contributed by atoms with van der Waals surface area (Å²) in [5.41, 5.74) is 0.358. The van der Waals surface area contributed by atoms with Crippen molar-refractivity contribution in [2.45, 2.75) is 0 Å². The Morgan fingerprint density at radius 3 is 2.47 bits per heavy atom. The number of methoxy groups -OCH3 is 1. The van der Waals surface area contributed by atoms with Crippen molar-refractivity contribution in [2.24, 2.45) is 0 Å². The van der Waals surface area contributed by atoms with Gasteiger partial charge in [-0.2, -0.15) is 5.26 Å². The van der Waals surface area contributed by atoms with Gasteiger partial charge in [-0.1, -0.05) is 24.3 Å². The Bertz CT molecular complexity index is 630. The van der Waals surface area contributed by atoms with Gasteiger partial charge in [-0.15, -0.1) is 0 Å². The Hall–Kier alpha value is -2.80. The Labute approximate surface area is 110 Å². The number of rotatable bonds is 3. The van der Waals surface area contributed by atoms with Crippen molar-refractivity contribution < 1.29 is 14.3 Å². The van der Waals surface area contributed by atoms with Crippen LogP contribution in [0, 0.1) is 11.3 Å². The molecule has 0 bridgehead atoms. The highest BCUT2D eigenvalue weighted by atomic mass is 16.5. The molecule has 94 valence electrons. The predicted octanol–water partition coefficient (Wildman–Crippen LogP) is 3.14. The number of carbonyl (C=O) groups excluding carboxylic acids is 1. The van der Waals surface area contributed by atoms with Gasteiger partial charge in [-0.05, 0) is 24.3 Å². The van der Waals surface area contributed by atoms with Gasteiger partial charge in [0.25, 0.3) is 0 Å². The molecule has 0 spiro atoms. The SMILES string of the molecule is COC(=O)c1c(C#N)cccc1Oc1ccccc1. The lowest BCUT2D eigenvalue weighted by Gasteiger charge is -2.10. The first-order valence-corrected chi connectivity index (χ1v) is 5.60. The second-order valence-electron chi connectivity index (χ2n) is 3.70. The largest absolute Gasteiger partial charge is 0.465 e. The Morgan fingerprint density at radius 2 is 1.84 bits per heavy atom. The van der Waals surface area contributed by atoms with Gasteiger partial charge in [0.1, 0.15) is 23.1 Å². The smallest absolute Gasteiger partial charge is 0.343 e. The highest BCUT2D eigenvalue weighted by molar-refractivity contribution is 5.95. The number of para-hydroxylation sites is 1. The second-order valence-corrected chi connectivity index (χ2v) is 3.70. The van der Waals surface area contributed by atoms with E-state index in [4.69, 9.17) is 10.00 Å². The first kappa shape index (κ1) is 12.7. The molecule has 0 saturated heterocycles. The number of hydrogen-bond acceptors (Lipinski definition) is 4. The molecule has 4 heteroatoms. The summed E-state index contributed by atoms with van der Waals surface area (Å²) in [5, 5.41) is 9.04. The average molecular weight is 253 g/mol. The van der Waals surface area contributed by atoms with Gasteiger partial charge in [-0.3, -0.25) is 0 Å². The van der Waals surface area contributed by atoms with Crippen molar-refractivity contribution in [3.05, 3.63) is 59.7 Å². The number of hydrogen-bond donors (Lipinski definition) is 0. The molecule has 0 atom stereocenters. The quantitative estimate of drug-likeness (QED) is 0.788. The summed E-state index contributed by atoms with van der Waals surface area (Å²) < 4.78 is 10.3. The van der Waals surface area contributed by atoms with E-state index in [1.807, 2.05) is 24.3 Å². The van der Waals surface area contributed by atoms with Crippen molar-refractivity contribution in [3.8, 4) is 17.6 Å². The summed E-state index contributed by atoms with van der Waals surface area (Å²) in [6.45, 7) is 0. The molecule has 0 fully saturated rings. The lowest BCUT2D eigenvalue weighted by Crippen LogP contribution is -2.06. The van der Waals surface area contributed by atoms with Crippen LogP contribution in [0.4, 0.5) is 0 Å². The Balaban J connectivity index is 2.46. The minimum atomic E-state index is -0.594. The molecular formula is C15H11NO3. The Kier molecular flexibility index (Phi) is 3.79. The molecule has 2 aromatic carbocycles. The highest BCUT2D eigenvalue weighted by Crippen LogP contribution is 2.28. The van der Waals surface area contributed by atoms with E-state index in [9.17, 15) is 4.79 Å². The summed E-state index contributed by atoms with van der Waals surface area (Å²) in [5.74, 6) is 0.294. The van der Waals surface area contributed by atoms with Gasteiger partial charge in [0, 0.05) is 0 Å². The third-order valence-electron chi connectivity index (χ3n) is 2.51. The maximum Gasteiger partial charge on any atom is 0.343 e. The van der Waals surface area contributed by atoms with Gasteiger partial charge in [0.05, 0.1) is 12.7 Å². The second kappa shape index (κ2) is 5.69. The van der Waals surface area contributed by atoms with Crippen LogP contribution in [0.25, 0.3) is 0 Å². The van der Waals surface area contributed by atoms with E-state index in [0.29, 0.717) is 11.5 Å². The molecular weight excluding hydrogens is 242 g/mol. The molecule has 2 rings (SSSR count). The van der Waals surface area contributed by atoms with E-state index in [1.54, 1.807) is 30.3 Å². The minimum absolute atomic E-state index is 0.136. The van der Waals surface area contributed by atoms with Gasteiger partial charge in [0.15, 0.2) is 0 Å². The van der Waals surface area contributed by atoms with Crippen LogP contribution in [0.1, 0.15) is 15.9 Å². The monoisotopic (exact) mass is 253 g/mol. The van der Waals surface area contributed by atoms with Gasteiger partial charge >= 0.3 is 5.97 Å². The number of ether oxygens (including phenoxy) is 2. The molecule has 0 saturated carbocycles. The fraction of sp³-hybridized carbons (Fsp3) is 0.0667. The van der Waals surface area contributed by atoms with Gasteiger partial charge in [0.2, 0.25) is 0 Å². The molecule has 0 aliphatic carbocycles. The summed E-state index contributed by atoms with van der Waals surface area (Å²) in [6.07, 6.45) is 0. The molecule has 0 aliphatic heterocycles. The fourth-order valence-corrected chi connectivity index (χ4v) is 1.64. The molecule has 2 aromatic rings. The number of nitrogens with zero attached hydrogens (tertiary/aromatic N) is 1. The molecule has 0 unspecified atom stereocenters. The zero-order valence-electron chi connectivity index (χ0n) is 10.3. The zero-order chi connectivity index (χ0) is 13.7. The topological polar surface area (TPSA) is 59.3 Å². The first-order chi connectivity index (χ1) is 9.26. The van der Waals surface area contributed by atoms with E-state index in [1.165, 1.54) is 7.11 Å². The van der Waals surface area contributed by atoms with Crippen LogP contribution in [0.2, 0.25) is 0 Å². The van der Waals surface area contributed by atoms with Crippen LogP contribution >= 0.6 is 0 Å². The number of esters is 1. The number of benzene rings is 2. The van der Waals surface area contributed by atoms with Crippen LogP contribution in [0.5, 0.6) is 11.5 Å². The van der Waals surface area contributed by atoms with Gasteiger partial charge in [-0.25, -0.2) is 4.79 Å². The van der Waals surface area contributed by atoms with E-state index >= 15 is 0 Å². The van der Waals surface area contributed by atoms with E-state index < -0.39 is 5.97 Å². The van der Waals surface area contributed by atoms with E-state index in [-0.39, 0.29) is 11.1 Å². The van der Waals surface area contributed by atoms with E-state index in [2.05, 4.69) is 4.74 Å². The van der Waals surface area contributed by atoms with Crippen molar-refractivity contribution in [1.82, 2.24) is 0 Å². The summed E-state index contributed by atoms with van der Waals surface area (Å²) in [4.78, 5) is 11.8. The summed E-state index contributed by atoms with van der Waals surface area (Å²) in [6, 6.07) is 15.8. The molecule has 4 nitrogen and oxygen atoms in total. The third-order valence-corrected chi connectivity index (χ3v) is 2.51. The lowest BCUT2D eigenvalue weighted by atomic mass is 10.1. The minimum Gasteiger partial charge on any atom is -0.465 e. The van der Waals surface area contributed by atoms with Crippen LogP contribution in [-0.4, -0.2) is 13.1 Å². The van der Waals surface area contributed by atoms with Crippen molar-refractivity contribution in [1.29, 1.82) is 5.26 Å². The van der Waals surface area contributed by atoms with Crippen LogP contribution < -0.4 is 4.74 Å². The first-order valence-electron chi connectivity index (χ1n) is 5.60.